The molecule has 0 saturated carbocycles. The summed E-state index contributed by atoms with van der Waals surface area (Å²) in [6.07, 6.45) is 0.434. The fraction of sp³-hybridized carbons (Fsp3) is 0.529. The van der Waals surface area contributed by atoms with E-state index < -0.39 is 26.2 Å². The van der Waals surface area contributed by atoms with Gasteiger partial charge < -0.3 is 10.6 Å². The lowest BCUT2D eigenvalue weighted by Gasteiger charge is -2.16. The van der Waals surface area contributed by atoms with Gasteiger partial charge in [-0.15, -0.1) is 0 Å². The SMILES string of the molecule is CC(C)CC(=O)Nc1ccc(NC(=O)C(C)S(=O)(=O)C(C)C)cc1. The van der Waals surface area contributed by atoms with Crippen molar-refractivity contribution in [3.05, 3.63) is 24.3 Å². The number of rotatable bonds is 7. The quantitative estimate of drug-likeness (QED) is 0.787. The highest BCUT2D eigenvalue weighted by Crippen LogP contribution is 2.16. The number of hydrogen-bond donors (Lipinski definition) is 2. The number of amides is 2. The van der Waals surface area contributed by atoms with E-state index in [0.717, 1.165) is 0 Å². The van der Waals surface area contributed by atoms with E-state index in [1.54, 1.807) is 38.1 Å². The first-order valence-electron chi connectivity index (χ1n) is 7.97. The van der Waals surface area contributed by atoms with E-state index in [4.69, 9.17) is 0 Å². The molecular weight excluding hydrogens is 328 g/mol. The normalized spacial score (nSPS) is 13.0. The molecule has 0 saturated heterocycles. The molecule has 0 radical (unpaired) electrons. The van der Waals surface area contributed by atoms with E-state index in [1.807, 2.05) is 13.8 Å². The second-order valence-electron chi connectivity index (χ2n) is 6.49. The topological polar surface area (TPSA) is 92.3 Å². The largest absolute Gasteiger partial charge is 0.326 e. The van der Waals surface area contributed by atoms with Gasteiger partial charge in [0.25, 0.3) is 0 Å². The van der Waals surface area contributed by atoms with Gasteiger partial charge in [0.2, 0.25) is 11.8 Å². The molecular formula is C17H26N2O4S. The van der Waals surface area contributed by atoms with Crippen molar-refractivity contribution in [1.29, 1.82) is 0 Å². The number of nitrogens with one attached hydrogen (secondary N) is 2. The number of hydrogen-bond acceptors (Lipinski definition) is 4. The Labute approximate surface area is 143 Å². The molecule has 0 aromatic heterocycles. The molecule has 24 heavy (non-hydrogen) atoms. The smallest absolute Gasteiger partial charge is 0.242 e. The molecule has 0 bridgehead atoms. The summed E-state index contributed by atoms with van der Waals surface area (Å²) in [7, 11) is -3.50. The van der Waals surface area contributed by atoms with Crippen LogP contribution in [0.15, 0.2) is 24.3 Å². The van der Waals surface area contributed by atoms with Gasteiger partial charge in [0.1, 0.15) is 5.25 Å². The minimum Gasteiger partial charge on any atom is -0.326 e. The number of benzene rings is 1. The van der Waals surface area contributed by atoms with Gasteiger partial charge >= 0.3 is 0 Å². The molecule has 7 heteroatoms. The van der Waals surface area contributed by atoms with Crippen LogP contribution in [0.25, 0.3) is 0 Å². The Morgan fingerprint density at radius 2 is 1.38 bits per heavy atom. The van der Waals surface area contributed by atoms with Gasteiger partial charge in [-0.1, -0.05) is 13.8 Å². The van der Waals surface area contributed by atoms with Crippen LogP contribution in [0.1, 0.15) is 41.0 Å². The lowest BCUT2D eigenvalue weighted by Crippen LogP contribution is -2.36. The van der Waals surface area contributed by atoms with E-state index in [-0.39, 0.29) is 11.8 Å². The van der Waals surface area contributed by atoms with Gasteiger partial charge in [0.15, 0.2) is 9.84 Å². The highest BCUT2D eigenvalue weighted by molar-refractivity contribution is 7.93. The molecule has 1 rings (SSSR count). The highest BCUT2D eigenvalue weighted by atomic mass is 32.2. The predicted octanol–water partition coefficient (Wildman–Crippen LogP) is 2.82. The van der Waals surface area contributed by atoms with Crippen molar-refractivity contribution in [3.63, 3.8) is 0 Å². The maximum Gasteiger partial charge on any atom is 0.242 e. The Hall–Kier alpha value is -1.89. The van der Waals surface area contributed by atoms with E-state index in [2.05, 4.69) is 10.6 Å². The van der Waals surface area contributed by atoms with Crippen molar-refractivity contribution in [3.8, 4) is 0 Å². The van der Waals surface area contributed by atoms with Crippen LogP contribution in [0.3, 0.4) is 0 Å². The second kappa shape index (κ2) is 8.28. The zero-order valence-electron chi connectivity index (χ0n) is 14.8. The Morgan fingerprint density at radius 1 is 0.917 bits per heavy atom. The van der Waals surface area contributed by atoms with E-state index in [0.29, 0.717) is 17.8 Å². The molecule has 6 nitrogen and oxygen atoms in total. The van der Waals surface area contributed by atoms with Crippen LogP contribution < -0.4 is 10.6 Å². The van der Waals surface area contributed by atoms with Gasteiger partial charge in [0.05, 0.1) is 5.25 Å². The van der Waals surface area contributed by atoms with Gasteiger partial charge in [-0.25, -0.2) is 8.42 Å². The molecule has 0 aliphatic heterocycles. The molecule has 2 N–H and O–H groups in total. The molecule has 0 aliphatic carbocycles. The summed E-state index contributed by atoms with van der Waals surface area (Å²) in [6, 6.07) is 6.57. The third-order valence-corrected chi connectivity index (χ3v) is 6.06. The molecule has 1 atom stereocenters. The number of carbonyl (C=O) groups is 2. The van der Waals surface area contributed by atoms with E-state index in [9.17, 15) is 18.0 Å². The zero-order chi connectivity index (χ0) is 18.5. The summed E-state index contributed by atoms with van der Waals surface area (Å²) < 4.78 is 24.0. The molecule has 0 aliphatic rings. The Kier molecular flexibility index (Phi) is 6.95. The van der Waals surface area contributed by atoms with Crippen LogP contribution in [-0.2, 0) is 19.4 Å². The first-order valence-corrected chi connectivity index (χ1v) is 9.58. The average molecular weight is 354 g/mol. The van der Waals surface area contributed by atoms with Crippen molar-refractivity contribution in [2.45, 2.75) is 51.5 Å². The lowest BCUT2D eigenvalue weighted by atomic mass is 10.1. The van der Waals surface area contributed by atoms with Crippen LogP contribution in [0.5, 0.6) is 0 Å². The fourth-order valence-electron chi connectivity index (χ4n) is 2.02. The third-order valence-electron chi connectivity index (χ3n) is 3.55. The van der Waals surface area contributed by atoms with Crippen LogP contribution >= 0.6 is 0 Å². The molecule has 1 aromatic rings. The monoisotopic (exact) mass is 354 g/mol. The van der Waals surface area contributed by atoms with E-state index in [1.165, 1.54) is 6.92 Å². The summed E-state index contributed by atoms with van der Waals surface area (Å²) in [5, 5.41) is 3.62. The Morgan fingerprint density at radius 3 is 1.79 bits per heavy atom. The molecule has 1 unspecified atom stereocenters. The first-order chi connectivity index (χ1) is 11.0. The standard InChI is InChI=1S/C17H26N2O4S/c1-11(2)10-16(20)18-14-6-8-15(9-7-14)19-17(21)13(5)24(22,23)12(3)4/h6-9,11-13H,10H2,1-5H3,(H,18,20)(H,19,21). The third kappa shape index (κ3) is 5.63. The molecule has 134 valence electrons. The van der Waals surface area contributed by atoms with Crippen molar-refractivity contribution >= 4 is 33.0 Å². The van der Waals surface area contributed by atoms with E-state index >= 15 is 0 Å². The highest BCUT2D eigenvalue weighted by Gasteiger charge is 2.30. The van der Waals surface area contributed by atoms with Crippen molar-refractivity contribution in [2.75, 3.05) is 10.6 Å². The summed E-state index contributed by atoms with van der Waals surface area (Å²) in [4.78, 5) is 23.8. The Bertz CT molecular complexity index is 679. The van der Waals surface area contributed by atoms with Gasteiger partial charge in [-0.3, -0.25) is 9.59 Å². The van der Waals surface area contributed by atoms with Crippen LogP contribution in [-0.4, -0.2) is 30.7 Å². The Balaban J connectivity index is 2.70. The fourth-order valence-corrected chi connectivity index (χ4v) is 3.19. The maximum absolute atomic E-state index is 12.1. The van der Waals surface area contributed by atoms with Crippen molar-refractivity contribution < 1.29 is 18.0 Å². The summed E-state index contributed by atoms with van der Waals surface area (Å²) in [5.74, 6) is -0.369. The molecule has 0 spiro atoms. The summed E-state index contributed by atoms with van der Waals surface area (Å²) in [6.45, 7) is 8.40. The maximum atomic E-state index is 12.1. The van der Waals surface area contributed by atoms with Crippen LogP contribution in [0.4, 0.5) is 11.4 Å². The minimum absolute atomic E-state index is 0.0709. The predicted molar refractivity (Wildman–Crippen MR) is 96.7 cm³/mol. The summed E-state index contributed by atoms with van der Waals surface area (Å²) >= 11 is 0. The lowest BCUT2D eigenvalue weighted by molar-refractivity contribution is -0.117. The first kappa shape index (κ1) is 20.2. The minimum atomic E-state index is -3.50. The van der Waals surface area contributed by atoms with Gasteiger partial charge in [0, 0.05) is 17.8 Å². The van der Waals surface area contributed by atoms with Crippen molar-refractivity contribution in [1.82, 2.24) is 0 Å². The van der Waals surface area contributed by atoms with Gasteiger partial charge in [-0.2, -0.15) is 0 Å². The van der Waals surface area contributed by atoms with Crippen molar-refractivity contribution in [2.24, 2.45) is 5.92 Å². The molecule has 1 aromatic carbocycles. The summed E-state index contributed by atoms with van der Waals surface area (Å²) in [5.41, 5.74) is 1.11. The molecule has 0 fully saturated rings. The number of anilines is 2. The number of sulfone groups is 1. The van der Waals surface area contributed by atoms with Gasteiger partial charge in [-0.05, 0) is 51.0 Å². The molecule has 0 heterocycles. The average Bonchev–Trinajstić information content (AvgIpc) is 2.47. The van der Waals surface area contributed by atoms with Crippen LogP contribution in [0, 0.1) is 5.92 Å². The van der Waals surface area contributed by atoms with Crippen LogP contribution in [0.2, 0.25) is 0 Å². The molecule has 2 amide bonds. The second-order valence-corrected chi connectivity index (χ2v) is 9.32. The number of carbonyl (C=O) groups excluding carboxylic acids is 2. The zero-order valence-corrected chi connectivity index (χ0v) is 15.6.